The molecule has 0 unspecified atom stereocenters. The molecule has 0 fully saturated rings. The van der Waals surface area contributed by atoms with Gasteiger partial charge in [-0.25, -0.2) is 4.57 Å². The van der Waals surface area contributed by atoms with E-state index >= 15 is 0 Å². The molecule has 0 saturated heterocycles. The predicted molar refractivity (Wildman–Crippen MR) is 117 cm³/mol. The normalized spacial score (nSPS) is 11.3. The van der Waals surface area contributed by atoms with Crippen LogP contribution in [0.2, 0.25) is 0 Å². The van der Waals surface area contributed by atoms with Gasteiger partial charge in [0.1, 0.15) is 0 Å². The predicted octanol–water partition coefficient (Wildman–Crippen LogP) is 6.71. The van der Waals surface area contributed by atoms with Crippen LogP contribution in [0.1, 0.15) is 123 Å². The van der Waals surface area contributed by atoms with Crippen LogP contribution in [0.5, 0.6) is 0 Å². The number of phosphoric acid groups is 1. The van der Waals surface area contributed by atoms with Gasteiger partial charge in [-0.3, -0.25) is 4.52 Å². The summed E-state index contributed by atoms with van der Waals surface area (Å²) in [5, 5.41) is 0. The number of hydrogen-bond acceptors (Lipinski definition) is 3. The van der Waals surface area contributed by atoms with Crippen molar-refractivity contribution in [3.05, 3.63) is 0 Å². The van der Waals surface area contributed by atoms with Gasteiger partial charge in [0.25, 0.3) is 0 Å². The van der Waals surface area contributed by atoms with E-state index in [2.05, 4.69) is 18.4 Å². The van der Waals surface area contributed by atoms with Crippen LogP contribution in [0.25, 0.3) is 0 Å². The Labute approximate surface area is 169 Å². The first-order valence-corrected chi connectivity index (χ1v) is 12.9. The fourth-order valence-electron chi connectivity index (χ4n) is 2.87. The molecule has 0 aromatic carbocycles. The van der Waals surface area contributed by atoms with E-state index in [-0.39, 0.29) is 6.61 Å². The Balaban J connectivity index is 0. The van der Waals surface area contributed by atoms with Gasteiger partial charge >= 0.3 is 7.82 Å². The van der Waals surface area contributed by atoms with Crippen molar-refractivity contribution < 1.29 is 18.9 Å². The lowest BCUT2D eigenvalue weighted by molar-refractivity contribution is 0.193. The van der Waals surface area contributed by atoms with Gasteiger partial charge in [0.2, 0.25) is 0 Å². The number of unbranched alkanes of at least 4 members (excludes halogenated alkanes) is 15. The van der Waals surface area contributed by atoms with E-state index < -0.39 is 7.82 Å². The molecule has 0 aliphatic rings. The second-order valence-corrected chi connectivity index (χ2v) is 8.66. The molecule has 4 N–H and O–H groups in total. The number of hydrogen-bond donors (Lipinski definition) is 3. The highest BCUT2D eigenvalue weighted by Crippen LogP contribution is 2.35. The molecule has 0 saturated carbocycles. The smallest absolute Gasteiger partial charge is 0.330 e. The molecule has 6 heteroatoms. The molecule has 0 atom stereocenters. The van der Waals surface area contributed by atoms with Crippen molar-refractivity contribution >= 4 is 7.82 Å². The van der Waals surface area contributed by atoms with Gasteiger partial charge in [-0.2, -0.15) is 0 Å². The molecule has 0 aliphatic carbocycles. The molecule has 0 heterocycles. The van der Waals surface area contributed by atoms with Crippen LogP contribution in [0, 0.1) is 0 Å². The first-order valence-electron chi connectivity index (χ1n) is 11.4. The molecule has 0 aliphatic heterocycles. The average molecular weight is 410 g/mol. The Morgan fingerprint density at radius 1 is 0.630 bits per heavy atom. The van der Waals surface area contributed by atoms with Crippen molar-refractivity contribution in [3.8, 4) is 0 Å². The summed E-state index contributed by atoms with van der Waals surface area (Å²) in [6.45, 7) is 5.51. The van der Waals surface area contributed by atoms with Gasteiger partial charge in [-0.15, -0.1) is 0 Å². The Morgan fingerprint density at radius 3 is 1.30 bits per heavy atom. The van der Waals surface area contributed by atoms with Crippen molar-refractivity contribution in [2.24, 2.45) is 5.73 Å². The third-order valence-electron chi connectivity index (χ3n) is 4.57. The van der Waals surface area contributed by atoms with E-state index in [0.717, 1.165) is 25.8 Å². The Morgan fingerprint density at radius 2 is 0.963 bits per heavy atom. The summed E-state index contributed by atoms with van der Waals surface area (Å²) in [5.74, 6) is 0. The molecule has 0 rings (SSSR count). The Bertz CT molecular complexity index is 305. The maximum atomic E-state index is 10.4. The third-order valence-corrected chi connectivity index (χ3v) is 5.08. The molecule has 0 bridgehead atoms. The molecule has 0 radical (unpaired) electrons. The van der Waals surface area contributed by atoms with E-state index in [0.29, 0.717) is 0 Å². The van der Waals surface area contributed by atoms with Gasteiger partial charge < -0.3 is 15.5 Å². The summed E-state index contributed by atoms with van der Waals surface area (Å²) in [6.07, 6.45) is 21.5. The van der Waals surface area contributed by atoms with Crippen molar-refractivity contribution in [1.82, 2.24) is 0 Å². The van der Waals surface area contributed by atoms with Crippen molar-refractivity contribution in [2.45, 2.75) is 123 Å². The lowest BCUT2D eigenvalue weighted by Gasteiger charge is -2.05. The van der Waals surface area contributed by atoms with Crippen LogP contribution in [0.4, 0.5) is 0 Å². The van der Waals surface area contributed by atoms with E-state index in [1.807, 2.05) is 0 Å². The van der Waals surface area contributed by atoms with Crippen LogP contribution < -0.4 is 5.73 Å². The van der Waals surface area contributed by atoms with Gasteiger partial charge in [0.15, 0.2) is 0 Å². The van der Waals surface area contributed by atoms with E-state index in [1.165, 1.54) is 89.9 Å². The molecule has 166 valence electrons. The number of rotatable bonds is 19. The number of phosphoric ester groups is 1. The fourth-order valence-corrected chi connectivity index (χ4v) is 3.24. The zero-order chi connectivity index (χ0) is 20.6. The molecular weight excluding hydrogens is 361 g/mol. The summed E-state index contributed by atoms with van der Waals surface area (Å²) in [6, 6.07) is 0. The lowest BCUT2D eigenvalue weighted by atomic mass is 10.1. The highest BCUT2D eigenvalue weighted by atomic mass is 31.2. The Hall–Kier alpha value is 0.0700. The van der Waals surface area contributed by atoms with Crippen molar-refractivity contribution in [2.75, 3.05) is 13.2 Å². The maximum absolute atomic E-state index is 10.4. The lowest BCUT2D eigenvalue weighted by Crippen LogP contribution is -1.97. The average Bonchev–Trinajstić information content (AvgIpc) is 2.62. The maximum Gasteiger partial charge on any atom is 0.469 e. The SMILES string of the molecule is CCCCCCCCCCCCCOP(=O)(O)O.CCCCCCCCN. The second-order valence-electron chi connectivity index (χ2n) is 7.42. The molecule has 5 nitrogen and oxygen atoms in total. The minimum Gasteiger partial charge on any atom is -0.330 e. The van der Waals surface area contributed by atoms with E-state index in [4.69, 9.17) is 15.5 Å². The van der Waals surface area contributed by atoms with Crippen LogP contribution in [0.15, 0.2) is 0 Å². The summed E-state index contributed by atoms with van der Waals surface area (Å²) in [4.78, 5) is 16.9. The van der Waals surface area contributed by atoms with Crippen molar-refractivity contribution in [3.63, 3.8) is 0 Å². The third kappa shape index (κ3) is 34.0. The fraction of sp³-hybridized carbons (Fsp3) is 1.00. The summed E-state index contributed by atoms with van der Waals surface area (Å²) < 4.78 is 14.8. The van der Waals surface area contributed by atoms with Gasteiger partial charge in [-0.05, 0) is 19.4 Å². The molecule has 0 amide bonds. The van der Waals surface area contributed by atoms with E-state index in [9.17, 15) is 4.57 Å². The largest absolute Gasteiger partial charge is 0.469 e. The minimum atomic E-state index is -4.25. The minimum absolute atomic E-state index is 0.168. The van der Waals surface area contributed by atoms with Gasteiger partial charge in [0.05, 0.1) is 6.61 Å². The first-order chi connectivity index (χ1) is 13.0. The quantitative estimate of drug-likeness (QED) is 0.163. The van der Waals surface area contributed by atoms with Crippen LogP contribution in [0.3, 0.4) is 0 Å². The second kappa shape index (κ2) is 24.1. The van der Waals surface area contributed by atoms with Gasteiger partial charge in [-0.1, -0.05) is 110 Å². The molecule has 0 aromatic heterocycles. The standard InChI is InChI=1S/C13H29O4P.C8H19N/c1-2-3-4-5-6-7-8-9-10-11-12-13-17-18(14,15)16;1-2-3-4-5-6-7-8-9/h2-13H2,1H3,(H2,14,15,16);2-9H2,1H3. The van der Waals surface area contributed by atoms with E-state index in [1.54, 1.807) is 0 Å². The summed E-state index contributed by atoms with van der Waals surface area (Å²) in [5.41, 5.74) is 5.34. The molecule has 0 spiro atoms. The topological polar surface area (TPSA) is 92.8 Å². The number of nitrogens with two attached hydrogens (primary N) is 1. The zero-order valence-electron chi connectivity index (χ0n) is 18.2. The Kier molecular flexibility index (Phi) is 26.1. The summed E-state index contributed by atoms with van der Waals surface area (Å²) in [7, 11) is -4.25. The van der Waals surface area contributed by atoms with Gasteiger partial charge in [0, 0.05) is 0 Å². The monoisotopic (exact) mass is 409 g/mol. The van der Waals surface area contributed by atoms with Crippen LogP contribution in [-0.2, 0) is 9.09 Å². The molecule has 27 heavy (non-hydrogen) atoms. The first kappa shape index (κ1) is 29.3. The van der Waals surface area contributed by atoms with Crippen LogP contribution in [-0.4, -0.2) is 22.9 Å². The van der Waals surface area contributed by atoms with Crippen molar-refractivity contribution in [1.29, 1.82) is 0 Å². The molecule has 0 aromatic rings. The summed E-state index contributed by atoms with van der Waals surface area (Å²) >= 11 is 0. The van der Waals surface area contributed by atoms with Crippen LogP contribution >= 0.6 is 7.82 Å². The highest BCUT2D eigenvalue weighted by molar-refractivity contribution is 7.46. The highest BCUT2D eigenvalue weighted by Gasteiger charge is 2.12. The zero-order valence-corrected chi connectivity index (χ0v) is 19.1. The molecular formula is C21H48NO4P.